The largest absolute Gasteiger partial charge is 0.465 e. The van der Waals surface area contributed by atoms with E-state index in [0.29, 0.717) is 17.2 Å². The van der Waals surface area contributed by atoms with Crippen molar-refractivity contribution in [1.82, 2.24) is 0 Å². The molecule has 188 valence electrons. The Morgan fingerprint density at radius 2 is 1.33 bits per heavy atom. The molecule has 0 aromatic carbocycles. The first kappa shape index (κ1) is 27.7. The summed E-state index contributed by atoms with van der Waals surface area (Å²) in [6.07, 6.45) is 0.733. The van der Waals surface area contributed by atoms with Crippen LogP contribution in [0.4, 0.5) is 8.78 Å². The van der Waals surface area contributed by atoms with Crippen LogP contribution >= 0.6 is 0 Å². The maximum Gasteiger partial charge on any atom is 0.324 e. The summed E-state index contributed by atoms with van der Waals surface area (Å²) in [6.45, 7) is 18.1. The van der Waals surface area contributed by atoms with Crippen LogP contribution in [-0.2, 0) is 19.1 Å². The van der Waals surface area contributed by atoms with Gasteiger partial charge in [-0.1, -0.05) is 60.1 Å². The first-order chi connectivity index (χ1) is 15.3. The van der Waals surface area contributed by atoms with Crippen molar-refractivity contribution in [2.45, 2.75) is 111 Å². The van der Waals surface area contributed by atoms with Crippen molar-refractivity contribution < 1.29 is 27.8 Å². The number of allylic oxidation sites excluding steroid dienone is 4. The van der Waals surface area contributed by atoms with E-state index in [1.165, 1.54) is 0 Å². The molecule has 2 rings (SSSR count). The van der Waals surface area contributed by atoms with Gasteiger partial charge in [0.25, 0.3) is 5.92 Å². The summed E-state index contributed by atoms with van der Waals surface area (Å²) in [4.78, 5) is 26.8. The van der Waals surface area contributed by atoms with Gasteiger partial charge in [0.1, 0.15) is 0 Å². The zero-order valence-corrected chi connectivity index (χ0v) is 22.9. The van der Waals surface area contributed by atoms with Gasteiger partial charge in [-0.3, -0.25) is 9.59 Å². The first-order valence-electron chi connectivity index (χ1n) is 12.5. The highest BCUT2D eigenvalue weighted by Crippen LogP contribution is 2.64. The van der Waals surface area contributed by atoms with Crippen LogP contribution in [-0.4, -0.2) is 39.1 Å². The lowest BCUT2D eigenvalue weighted by Gasteiger charge is -2.54. The highest BCUT2D eigenvalue weighted by Gasteiger charge is 2.65. The summed E-state index contributed by atoms with van der Waals surface area (Å²) in [5, 5.41) is 0.676. The van der Waals surface area contributed by atoms with Crippen LogP contribution in [0.2, 0.25) is 16.6 Å². The number of fused-ring (bicyclic) bond motifs is 1. The molecule has 33 heavy (non-hydrogen) atoms. The molecule has 0 heterocycles. The maximum absolute atomic E-state index is 15.7. The molecule has 2 aliphatic rings. The lowest BCUT2D eigenvalue weighted by Crippen LogP contribution is -2.57. The molecule has 7 heteroatoms. The molecule has 0 aromatic heterocycles. The van der Waals surface area contributed by atoms with Crippen LogP contribution in [0.3, 0.4) is 0 Å². The topological polar surface area (TPSA) is 52.6 Å². The van der Waals surface area contributed by atoms with Crippen molar-refractivity contribution in [3.63, 3.8) is 0 Å². The molecule has 0 bridgehead atoms. The molecule has 0 fully saturated rings. The number of carbonyl (C=O) groups is 2. The highest BCUT2D eigenvalue weighted by molar-refractivity contribution is 6.90. The summed E-state index contributed by atoms with van der Waals surface area (Å²) < 4.78 is 42.2. The number of carbonyl (C=O) groups excluding carboxylic acids is 2. The fraction of sp³-hybridized carbons (Fsp3) is 0.769. The van der Waals surface area contributed by atoms with Crippen LogP contribution in [0.25, 0.3) is 0 Å². The molecule has 0 amide bonds. The Labute approximate surface area is 199 Å². The molecule has 0 saturated heterocycles. The predicted molar refractivity (Wildman–Crippen MR) is 130 cm³/mol. The zero-order chi connectivity index (χ0) is 25.4. The number of halogens is 2. The van der Waals surface area contributed by atoms with E-state index < -0.39 is 31.4 Å². The molecular formula is C26H42F2O4Si. The third-order valence-electron chi connectivity index (χ3n) is 7.84. The van der Waals surface area contributed by atoms with Gasteiger partial charge in [-0.2, -0.15) is 8.78 Å². The van der Waals surface area contributed by atoms with Crippen molar-refractivity contribution in [3.05, 3.63) is 21.9 Å². The maximum atomic E-state index is 15.7. The van der Waals surface area contributed by atoms with Crippen molar-refractivity contribution >= 4 is 20.0 Å². The van der Waals surface area contributed by atoms with Crippen LogP contribution in [0.1, 0.15) is 88.0 Å². The number of alkyl halides is 2. The Morgan fingerprint density at radius 1 is 0.879 bits per heavy atom. The minimum absolute atomic E-state index is 0.0285. The summed E-state index contributed by atoms with van der Waals surface area (Å²) >= 11 is 0. The predicted octanol–water partition coefficient (Wildman–Crippen LogP) is 7.15. The van der Waals surface area contributed by atoms with Gasteiger partial charge in [0, 0.05) is 17.6 Å². The van der Waals surface area contributed by atoms with Gasteiger partial charge in [-0.15, -0.1) is 0 Å². The number of ether oxygens (including phenoxy) is 2. The SMILES string of the molecule is CCCC1=C2CC(C(=O)OCC)(C(=O)OCC)CC([Si](C(C)C)(C(C)C)C(C)C)=C2C1(F)F. The third-order valence-corrected chi connectivity index (χ3v) is 15.0. The Balaban J connectivity index is 2.95. The van der Waals surface area contributed by atoms with Crippen molar-refractivity contribution in [2.75, 3.05) is 13.2 Å². The summed E-state index contributed by atoms with van der Waals surface area (Å²) in [5.41, 5.74) is -0.422. The second kappa shape index (κ2) is 10.0. The number of hydrogen-bond acceptors (Lipinski definition) is 4. The molecule has 0 spiro atoms. The molecule has 0 atom stereocenters. The van der Waals surface area contributed by atoms with Crippen molar-refractivity contribution in [2.24, 2.45) is 5.41 Å². The van der Waals surface area contributed by atoms with E-state index in [4.69, 9.17) is 9.47 Å². The summed E-state index contributed by atoms with van der Waals surface area (Å²) in [6, 6.07) is 0. The van der Waals surface area contributed by atoms with Gasteiger partial charge in [0.2, 0.25) is 0 Å². The van der Waals surface area contributed by atoms with Gasteiger partial charge < -0.3 is 9.47 Å². The van der Waals surface area contributed by atoms with E-state index in [9.17, 15) is 9.59 Å². The normalized spacial score (nSPS) is 19.7. The molecule has 0 radical (unpaired) electrons. The molecule has 0 aliphatic heterocycles. The van der Waals surface area contributed by atoms with Gasteiger partial charge >= 0.3 is 11.9 Å². The number of hydrogen-bond donors (Lipinski definition) is 0. The van der Waals surface area contributed by atoms with Gasteiger partial charge in [-0.05, 0) is 48.9 Å². The number of rotatable bonds is 10. The lowest BCUT2D eigenvalue weighted by atomic mass is 9.63. The zero-order valence-electron chi connectivity index (χ0n) is 21.9. The lowest BCUT2D eigenvalue weighted by molar-refractivity contribution is -0.172. The smallest absolute Gasteiger partial charge is 0.324 e. The Morgan fingerprint density at radius 3 is 1.70 bits per heavy atom. The average Bonchev–Trinajstić information content (AvgIpc) is 2.71. The first-order valence-corrected chi connectivity index (χ1v) is 14.7. The average molecular weight is 485 g/mol. The molecule has 0 saturated carbocycles. The monoisotopic (exact) mass is 484 g/mol. The minimum atomic E-state index is -3.01. The fourth-order valence-corrected chi connectivity index (χ4v) is 14.3. The number of esters is 2. The summed E-state index contributed by atoms with van der Waals surface area (Å²) in [7, 11) is -2.60. The van der Waals surface area contributed by atoms with E-state index >= 15 is 8.78 Å². The van der Waals surface area contributed by atoms with E-state index in [1.807, 2.05) is 6.92 Å². The second-order valence-corrected chi connectivity index (χ2v) is 16.3. The minimum Gasteiger partial charge on any atom is -0.465 e. The van der Waals surface area contributed by atoms with Crippen LogP contribution in [0.5, 0.6) is 0 Å². The third kappa shape index (κ3) is 4.12. The van der Waals surface area contributed by atoms with Gasteiger partial charge in [-0.25, -0.2) is 0 Å². The van der Waals surface area contributed by atoms with Gasteiger partial charge in [0.05, 0.1) is 21.3 Å². The Hall–Kier alpha value is -1.50. The van der Waals surface area contributed by atoms with Crippen LogP contribution in [0, 0.1) is 5.41 Å². The fourth-order valence-electron chi connectivity index (χ4n) is 6.82. The molecule has 0 unspecified atom stereocenters. The van der Waals surface area contributed by atoms with Gasteiger partial charge in [0.15, 0.2) is 5.41 Å². The van der Waals surface area contributed by atoms with Crippen LogP contribution in [0.15, 0.2) is 21.9 Å². The van der Waals surface area contributed by atoms with Crippen molar-refractivity contribution in [1.29, 1.82) is 0 Å². The molecule has 0 aromatic rings. The molecular weight excluding hydrogens is 442 g/mol. The quantitative estimate of drug-likeness (QED) is 0.188. The van der Waals surface area contributed by atoms with Crippen LogP contribution < -0.4 is 0 Å². The highest BCUT2D eigenvalue weighted by atomic mass is 28.3. The molecule has 0 N–H and O–H groups in total. The Bertz CT molecular complexity index is 799. The van der Waals surface area contributed by atoms with E-state index in [0.717, 1.165) is 0 Å². The second-order valence-electron chi connectivity index (χ2n) is 10.4. The summed E-state index contributed by atoms with van der Waals surface area (Å²) in [5.74, 6) is -4.32. The Kier molecular flexibility index (Phi) is 8.41. The molecule has 2 aliphatic carbocycles. The van der Waals surface area contributed by atoms with E-state index in [2.05, 4.69) is 41.5 Å². The van der Waals surface area contributed by atoms with E-state index in [1.54, 1.807) is 13.8 Å². The standard InChI is InChI=1S/C26H42F2O4Si/c1-10-13-20-19-14-25(23(29)31-11-2,24(30)32-12-3)15-21(22(19)26(20,27)28)33(16(4)5,17(6)7)18(8)9/h16-18H,10-15H2,1-9H3. The van der Waals surface area contributed by atoms with Crippen molar-refractivity contribution in [3.8, 4) is 0 Å². The molecule has 4 nitrogen and oxygen atoms in total. The van der Waals surface area contributed by atoms with E-state index in [-0.39, 0.29) is 60.2 Å².